The number of halogens is 3. The molecule has 12 heteroatoms. The number of rotatable bonds is 8. The van der Waals surface area contributed by atoms with Crippen molar-refractivity contribution < 1.29 is 32.7 Å². The molecule has 40 heavy (non-hydrogen) atoms. The Balaban J connectivity index is 0.000000559. The van der Waals surface area contributed by atoms with Gasteiger partial charge in [-0.05, 0) is 59.7 Å². The van der Waals surface area contributed by atoms with Crippen LogP contribution in [0.2, 0.25) is 0 Å². The van der Waals surface area contributed by atoms with Crippen LogP contribution >= 0.6 is 0 Å². The van der Waals surface area contributed by atoms with Crippen molar-refractivity contribution in [2.45, 2.75) is 19.3 Å². The van der Waals surface area contributed by atoms with Crippen LogP contribution in [0, 0.1) is 0 Å². The maximum absolute atomic E-state index is 12.3. The Morgan fingerprint density at radius 2 is 0.950 bits per heavy atom. The Hall–Kier alpha value is -5.10. The maximum Gasteiger partial charge on any atom is 0.430 e. The number of carboxylic acid groups (broad SMARTS) is 1. The first kappa shape index (κ1) is 29.5. The molecule has 0 aliphatic carbocycles. The quantitative estimate of drug-likeness (QED) is 0.305. The van der Waals surface area contributed by atoms with E-state index in [9.17, 15) is 22.8 Å². The first-order valence-corrected chi connectivity index (χ1v) is 11.7. The smallest absolute Gasteiger partial charge is 0.430 e. The van der Waals surface area contributed by atoms with Crippen molar-refractivity contribution in [1.29, 1.82) is 0 Å². The van der Waals surface area contributed by atoms with E-state index in [0.29, 0.717) is 35.6 Å². The summed E-state index contributed by atoms with van der Waals surface area (Å²) in [5.74, 6) is -3.32. The zero-order valence-electron chi connectivity index (χ0n) is 20.8. The van der Waals surface area contributed by atoms with Gasteiger partial charge in [-0.1, -0.05) is 24.3 Å². The van der Waals surface area contributed by atoms with Crippen LogP contribution in [-0.2, 0) is 17.9 Å². The molecule has 0 saturated carbocycles. The number of hydrogen-bond acceptors (Lipinski definition) is 7. The highest BCUT2D eigenvalue weighted by molar-refractivity contribution is 6.04. The van der Waals surface area contributed by atoms with Crippen LogP contribution in [0.1, 0.15) is 31.8 Å². The highest BCUT2D eigenvalue weighted by Gasteiger charge is 2.28. The standard InChI is InChI=1S/C26H23N5O2.C2HF3O2/c32-25(30-23-9-13-27-14-10-23)21-5-1-19(2-6-21)17-29-18-20-3-7-22(8-4-20)26(33)31-24-11-15-28-16-12-24;3-2(4,5)1(6)7/h1-16,29H,17-18H2,(H,27,30,32)(H,28,31,33);(H,6,7)/p-1. The lowest BCUT2D eigenvalue weighted by molar-refractivity contribution is -0.344. The van der Waals surface area contributed by atoms with Gasteiger partial charge in [-0.3, -0.25) is 19.6 Å². The summed E-state index contributed by atoms with van der Waals surface area (Å²) in [7, 11) is 0. The second kappa shape index (κ2) is 14.2. The molecule has 0 spiro atoms. The third-order valence-electron chi connectivity index (χ3n) is 5.20. The second-order valence-electron chi connectivity index (χ2n) is 8.16. The first-order chi connectivity index (χ1) is 19.1. The van der Waals surface area contributed by atoms with E-state index in [4.69, 9.17) is 9.90 Å². The molecule has 2 aromatic heterocycles. The van der Waals surface area contributed by atoms with Crippen LogP contribution in [-0.4, -0.2) is 33.9 Å². The predicted octanol–water partition coefficient (Wildman–Crippen LogP) is 3.57. The van der Waals surface area contributed by atoms with Gasteiger partial charge in [0.1, 0.15) is 5.97 Å². The largest absolute Gasteiger partial charge is 0.542 e. The summed E-state index contributed by atoms with van der Waals surface area (Å²) in [6.45, 7) is 1.33. The van der Waals surface area contributed by atoms with Crippen LogP contribution in [0.4, 0.5) is 24.5 Å². The minimum atomic E-state index is -5.19. The zero-order chi connectivity index (χ0) is 29.0. The monoisotopic (exact) mass is 550 g/mol. The van der Waals surface area contributed by atoms with E-state index in [1.807, 2.05) is 48.5 Å². The zero-order valence-corrected chi connectivity index (χ0v) is 20.8. The third-order valence-corrected chi connectivity index (χ3v) is 5.20. The number of hydrogen-bond donors (Lipinski definition) is 3. The molecule has 206 valence electrons. The number of aromatic nitrogens is 2. The number of amides is 2. The van der Waals surface area contributed by atoms with Gasteiger partial charge in [0.15, 0.2) is 0 Å². The summed E-state index contributed by atoms with van der Waals surface area (Å²) in [5.41, 5.74) is 4.75. The lowest BCUT2D eigenvalue weighted by Gasteiger charge is -2.08. The van der Waals surface area contributed by atoms with Gasteiger partial charge in [-0.25, -0.2) is 0 Å². The molecule has 2 aromatic carbocycles. The van der Waals surface area contributed by atoms with Crippen molar-refractivity contribution >= 4 is 29.2 Å². The Morgan fingerprint density at radius 1 is 0.625 bits per heavy atom. The van der Waals surface area contributed by atoms with E-state index in [0.717, 1.165) is 11.1 Å². The highest BCUT2D eigenvalue weighted by Crippen LogP contribution is 2.12. The van der Waals surface area contributed by atoms with Gasteiger partial charge < -0.3 is 25.9 Å². The fourth-order valence-electron chi connectivity index (χ4n) is 3.18. The summed E-state index contributed by atoms with van der Waals surface area (Å²) < 4.78 is 31.5. The van der Waals surface area contributed by atoms with E-state index in [2.05, 4.69) is 25.9 Å². The van der Waals surface area contributed by atoms with Crippen molar-refractivity contribution in [3.8, 4) is 0 Å². The summed E-state index contributed by atoms with van der Waals surface area (Å²) in [4.78, 5) is 41.3. The molecular formula is C28H23F3N5O4-. The minimum Gasteiger partial charge on any atom is -0.542 e. The summed E-state index contributed by atoms with van der Waals surface area (Å²) >= 11 is 0. The lowest BCUT2D eigenvalue weighted by atomic mass is 10.1. The number of carboxylic acids is 1. The number of carbonyl (C=O) groups is 3. The van der Waals surface area contributed by atoms with Gasteiger partial charge in [0, 0.05) is 60.4 Å². The molecule has 0 aliphatic heterocycles. The number of benzene rings is 2. The van der Waals surface area contributed by atoms with Gasteiger partial charge in [0.2, 0.25) is 0 Å². The molecule has 2 amide bonds. The molecule has 0 atom stereocenters. The summed E-state index contributed by atoms with van der Waals surface area (Å²) in [6, 6.07) is 21.9. The molecule has 0 fully saturated rings. The number of nitrogens with one attached hydrogen (secondary N) is 3. The number of nitrogens with zero attached hydrogens (tertiary/aromatic N) is 2. The fraction of sp³-hybridized carbons (Fsp3) is 0.107. The number of pyridine rings is 2. The lowest BCUT2D eigenvalue weighted by Crippen LogP contribution is -2.37. The Kier molecular flexibility index (Phi) is 10.4. The van der Waals surface area contributed by atoms with Crippen molar-refractivity contribution in [2.24, 2.45) is 0 Å². The molecule has 2 heterocycles. The van der Waals surface area contributed by atoms with Crippen LogP contribution in [0.5, 0.6) is 0 Å². The van der Waals surface area contributed by atoms with E-state index < -0.39 is 12.1 Å². The maximum atomic E-state index is 12.3. The third kappa shape index (κ3) is 9.65. The average Bonchev–Trinajstić information content (AvgIpc) is 2.95. The molecule has 4 rings (SSSR count). The highest BCUT2D eigenvalue weighted by atomic mass is 19.4. The second-order valence-corrected chi connectivity index (χ2v) is 8.16. The Morgan fingerprint density at radius 3 is 1.25 bits per heavy atom. The molecule has 0 radical (unpaired) electrons. The molecule has 0 unspecified atom stereocenters. The van der Waals surface area contributed by atoms with Gasteiger partial charge in [-0.2, -0.15) is 13.2 Å². The van der Waals surface area contributed by atoms with Crippen molar-refractivity contribution in [1.82, 2.24) is 15.3 Å². The van der Waals surface area contributed by atoms with Crippen LogP contribution in [0.15, 0.2) is 97.6 Å². The van der Waals surface area contributed by atoms with Crippen LogP contribution < -0.4 is 21.1 Å². The average molecular weight is 551 g/mol. The minimum absolute atomic E-state index is 0.159. The van der Waals surface area contributed by atoms with Crippen LogP contribution in [0.3, 0.4) is 0 Å². The number of aliphatic carboxylic acids is 1. The topological polar surface area (TPSA) is 136 Å². The van der Waals surface area contributed by atoms with Crippen molar-refractivity contribution in [2.75, 3.05) is 10.6 Å². The molecular weight excluding hydrogens is 527 g/mol. The normalized spacial score (nSPS) is 10.6. The van der Waals surface area contributed by atoms with Crippen molar-refractivity contribution in [3.05, 3.63) is 120 Å². The fourth-order valence-corrected chi connectivity index (χ4v) is 3.18. The molecule has 4 aromatic rings. The molecule has 0 aliphatic rings. The predicted molar refractivity (Wildman–Crippen MR) is 139 cm³/mol. The van der Waals surface area contributed by atoms with Gasteiger partial charge in [-0.15, -0.1) is 0 Å². The van der Waals surface area contributed by atoms with Crippen LogP contribution in [0.25, 0.3) is 0 Å². The Labute approximate surface area is 227 Å². The number of carbonyl (C=O) groups excluding carboxylic acids is 3. The molecule has 9 nitrogen and oxygen atoms in total. The molecule has 0 saturated heterocycles. The molecule has 3 N–H and O–H groups in total. The Bertz CT molecular complexity index is 1300. The van der Waals surface area contributed by atoms with E-state index in [1.54, 1.807) is 49.1 Å². The summed E-state index contributed by atoms with van der Waals surface area (Å²) in [6.07, 6.45) is 1.34. The summed E-state index contributed by atoms with van der Waals surface area (Å²) in [5, 5.41) is 17.8. The SMILES string of the molecule is O=C(Nc1ccncc1)c1ccc(CNCc2ccc(C(=O)Nc3ccncc3)cc2)cc1.O=C([O-])C(F)(F)F. The molecule has 0 bridgehead atoms. The van der Waals surface area contributed by atoms with Gasteiger partial charge in [0.25, 0.3) is 11.8 Å². The number of anilines is 2. The van der Waals surface area contributed by atoms with Gasteiger partial charge >= 0.3 is 6.18 Å². The van der Waals surface area contributed by atoms with Crippen molar-refractivity contribution in [3.63, 3.8) is 0 Å². The number of alkyl halides is 3. The van der Waals surface area contributed by atoms with E-state index in [1.165, 1.54) is 0 Å². The van der Waals surface area contributed by atoms with Gasteiger partial charge in [0.05, 0.1) is 0 Å². The first-order valence-electron chi connectivity index (χ1n) is 11.7. The van der Waals surface area contributed by atoms with E-state index in [-0.39, 0.29) is 11.8 Å². The van der Waals surface area contributed by atoms with E-state index >= 15 is 0 Å².